The van der Waals surface area contributed by atoms with Gasteiger partial charge < -0.3 is 31.2 Å². The number of hydrogen-bond donors (Lipinski definition) is 4. The van der Waals surface area contributed by atoms with E-state index in [0.717, 1.165) is 5.56 Å². The van der Waals surface area contributed by atoms with Crippen molar-refractivity contribution in [2.45, 2.75) is 57.6 Å². The number of nitrogen functional groups attached to an aromatic ring is 1. The summed E-state index contributed by atoms with van der Waals surface area (Å²) >= 11 is 0. The number of hydrogen-bond acceptors (Lipinski definition) is 10. The molecular formula is C23H31F3N5O8P. The maximum atomic E-state index is 12.9. The maximum absolute atomic E-state index is 12.9. The van der Waals surface area contributed by atoms with E-state index in [-0.39, 0.29) is 36.8 Å². The van der Waals surface area contributed by atoms with E-state index < -0.39 is 37.6 Å². The first-order valence-corrected chi connectivity index (χ1v) is 13.4. The van der Waals surface area contributed by atoms with Crippen molar-refractivity contribution >= 4 is 25.3 Å². The predicted molar refractivity (Wildman–Crippen MR) is 137 cm³/mol. The molecule has 222 valence electrons. The number of carboxylic acids is 1. The minimum absolute atomic E-state index is 0.0100. The molecule has 1 aliphatic rings. The summed E-state index contributed by atoms with van der Waals surface area (Å²) in [4.78, 5) is 36.5. The van der Waals surface area contributed by atoms with E-state index in [0.29, 0.717) is 12.2 Å². The molecule has 2 heterocycles. The van der Waals surface area contributed by atoms with Crippen molar-refractivity contribution < 1.29 is 46.2 Å². The fourth-order valence-corrected chi connectivity index (χ4v) is 4.50. The molecule has 0 saturated carbocycles. The van der Waals surface area contributed by atoms with Gasteiger partial charge in [0.2, 0.25) is 5.91 Å². The summed E-state index contributed by atoms with van der Waals surface area (Å²) in [6, 6.07) is 7.59. The SMILES string of the molecule is CC(C)(C)NC(=O)[C@@H](N)Cc1ccc(O[P@]2(=O)CO[C@@H](Cn3ccc(N)nc3=O)CO2)cc1.O=C(O)C(F)(F)F. The third-order valence-electron chi connectivity index (χ3n) is 4.92. The third kappa shape index (κ3) is 11.0. The van der Waals surface area contributed by atoms with Gasteiger partial charge in [-0.25, -0.2) is 14.2 Å². The Morgan fingerprint density at radius 1 is 1.25 bits per heavy atom. The molecule has 3 rings (SSSR count). The molecule has 1 aromatic heterocycles. The number of rotatable bonds is 7. The van der Waals surface area contributed by atoms with Gasteiger partial charge in [0.1, 0.15) is 17.7 Å². The number of carbonyl (C=O) groups is 2. The standard InChI is InChI=1S/C21H30N5O6P.C2HF3O2/c1-21(2,3)25-19(27)17(22)10-14-4-6-15(7-5-14)32-33(29)13-30-16(12-31-33)11-26-9-8-18(23)24-20(26)28;3-2(4,5)1(6)7/h4-9,16-17H,10-13,22H2,1-3H3,(H,25,27)(H2,23,24,28);(H,6,7)/t16-,17-,33-;/m0./s1. The van der Waals surface area contributed by atoms with E-state index in [2.05, 4.69) is 10.3 Å². The van der Waals surface area contributed by atoms with Crippen molar-refractivity contribution in [3.63, 3.8) is 0 Å². The summed E-state index contributed by atoms with van der Waals surface area (Å²) in [5, 5.41) is 9.98. The van der Waals surface area contributed by atoms with Crippen molar-refractivity contribution in [1.82, 2.24) is 14.9 Å². The normalized spacial score (nSPS) is 20.0. The highest BCUT2D eigenvalue weighted by Crippen LogP contribution is 2.50. The topological polar surface area (TPSA) is 198 Å². The molecule has 1 aromatic carbocycles. The van der Waals surface area contributed by atoms with Gasteiger partial charge in [-0.1, -0.05) is 12.1 Å². The smallest absolute Gasteiger partial charge is 0.475 e. The average Bonchev–Trinajstić information content (AvgIpc) is 2.82. The predicted octanol–water partition coefficient (Wildman–Crippen LogP) is 1.89. The number of alkyl halides is 3. The zero-order valence-electron chi connectivity index (χ0n) is 21.9. The summed E-state index contributed by atoms with van der Waals surface area (Å²) in [5.41, 5.74) is 11.4. The molecule has 1 saturated heterocycles. The highest BCUT2D eigenvalue weighted by molar-refractivity contribution is 7.54. The van der Waals surface area contributed by atoms with Crippen LogP contribution >= 0.6 is 7.60 Å². The first-order valence-electron chi connectivity index (χ1n) is 11.7. The molecule has 3 atom stereocenters. The van der Waals surface area contributed by atoms with Crippen LogP contribution in [0.3, 0.4) is 0 Å². The Morgan fingerprint density at radius 2 is 1.85 bits per heavy atom. The second kappa shape index (κ2) is 13.3. The first-order chi connectivity index (χ1) is 18.4. The Labute approximate surface area is 227 Å². The third-order valence-corrected chi connectivity index (χ3v) is 6.42. The number of amides is 1. The lowest BCUT2D eigenvalue weighted by molar-refractivity contribution is -0.192. The molecule has 0 unspecified atom stereocenters. The second-order valence-electron chi connectivity index (χ2n) is 9.70. The molecule has 13 nitrogen and oxygen atoms in total. The minimum atomic E-state index is -5.08. The number of carbonyl (C=O) groups excluding carboxylic acids is 1. The van der Waals surface area contributed by atoms with E-state index in [1.54, 1.807) is 24.3 Å². The number of anilines is 1. The fraction of sp³-hybridized carbons (Fsp3) is 0.478. The second-order valence-corrected chi connectivity index (χ2v) is 11.6. The molecule has 0 bridgehead atoms. The Balaban J connectivity index is 0.000000708. The lowest BCUT2D eigenvalue weighted by Crippen LogP contribution is -2.49. The van der Waals surface area contributed by atoms with Gasteiger partial charge in [0.25, 0.3) is 0 Å². The van der Waals surface area contributed by atoms with Crippen molar-refractivity contribution in [2.75, 3.05) is 18.7 Å². The van der Waals surface area contributed by atoms with E-state index in [4.69, 9.17) is 35.2 Å². The quantitative estimate of drug-likeness (QED) is 0.342. The van der Waals surface area contributed by atoms with Crippen LogP contribution in [0.4, 0.5) is 19.0 Å². The molecule has 0 aliphatic carbocycles. The maximum Gasteiger partial charge on any atom is 0.490 e. The molecule has 0 spiro atoms. The first kappa shape index (κ1) is 32.8. The number of nitrogens with zero attached hydrogens (tertiary/aromatic N) is 2. The molecule has 1 amide bonds. The highest BCUT2D eigenvalue weighted by Gasteiger charge is 2.38. The number of aliphatic carboxylic acids is 1. The number of ether oxygens (including phenoxy) is 1. The number of halogens is 3. The van der Waals surface area contributed by atoms with Crippen LogP contribution < -0.4 is 27.0 Å². The van der Waals surface area contributed by atoms with Crippen LogP contribution in [-0.2, 0) is 36.4 Å². The van der Waals surface area contributed by atoms with E-state index >= 15 is 0 Å². The largest absolute Gasteiger partial charge is 0.490 e. The Kier molecular flexibility index (Phi) is 10.9. The number of nitrogens with two attached hydrogens (primary N) is 2. The highest BCUT2D eigenvalue weighted by atomic mass is 31.2. The van der Waals surface area contributed by atoms with Crippen LogP contribution in [0.15, 0.2) is 41.3 Å². The van der Waals surface area contributed by atoms with Gasteiger partial charge in [-0.3, -0.25) is 13.9 Å². The molecular weight excluding hydrogens is 562 g/mol. The Morgan fingerprint density at radius 3 is 2.33 bits per heavy atom. The van der Waals surface area contributed by atoms with Gasteiger partial charge in [0.15, 0.2) is 6.35 Å². The molecule has 2 aromatic rings. The van der Waals surface area contributed by atoms with Gasteiger partial charge in [-0.15, -0.1) is 0 Å². The molecule has 0 radical (unpaired) electrons. The van der Waals surface area contributed by atoms with Crippen molar-refractivity contribution in [3.05, 3.63) is 52.6 Å². The van der Waals surface area contributed by atoms with Gasteiger partial charge in [-0.05, 0) is 51.0 Å². The van der Waals surface area contributed by atoms with Crippen molar-refractivity contribution in [1.29, 1.82) is 0 Å². The van der Waals surface area contributed by atoms with E-state index in [9.17, 15) is 27.3 Å². The summed E-state index contributed by atoms with van der Waals surface area (Å²) in [5.74, 6) is -2.51. The van der Waals surface area contributed by atoms with Crippen LogP contribution in [0, 0.1) is 0 Å². The number of benzene rings is 1. The molecule has 1 fully saturated rings. The number of nitrogens with one attached hydrogen (secondary N) is 1. The fourth-order valence-electron chi connectivity index (χ4n) is 3.09. The van der Waals surface area contributed by atoms with E-state index in [1.165, 1.54) is 16.8 Å². The zero-order valence-corrected chi connectivity index (χ0v) is 22.8. The summed E-state index contributed by atoms with van der Waals surface area (Å²) < 4.78 is 62.6. The van der Waals surface area contributed by atoms with Gasteiger partial charge in [-0.2, -0.15) is 18.2 Å². The van der Waals surface area contributed by atoms with Crippen LogP contribution in [0.1, 0.15) is 26.3 Å². The molecule has 40 heavy (non-hydrogen) atoms. The minimum Gasteiger partial charge on any atom is -0.475 e. The monoisotopic (exact) mass is 593 g/mol. The summed E-state index contributed by atoms with van der Waals surface area (Å²) in [7, 11) is -3.51. The van der Waals surface area contributed by atoms with Gasteiger partial charge >= 0.3 is 25.4 Å². The van der Waals surface area contributed by atoms with Crippen LogP contribution in [0.5, 0.6) is 5.75 Å². The average molecular weight is 593 g/mol. The van der Waals surface area contributed by atoms with Gasteiger partial charge in [0.05, 0.1) is 19.2 Å². The molecule has 17 heteroatoms. The van der Waals surface area contributed by atoms with Crippen LogP contribution in [-0.4, -0.2) is 63.3 Å². The van der Waals surface area contributed by atoms with Crippen molar-refractivity contribution in [3.8, 4) is 5.75 Å². The number of aromatic nitrogens is 2. The number of carboxylic acid groups (broad SMARTS) is 1. The lowest BCUT2D eigenvalue weighted by atomic mass is 10.0. The molecule has 6 N–H and O–H groups in total. The zero-order chi connectivity index (χ0) is 30.3. The van der Waals surface area contributed by atoms with Gasteiger partial charge in [0, 0.05) is 11.7 Å². The van der Waals surface area contributed by atoms with E-state index in [1.807, 2.05) is 20.8 Å². The summed E-state index contributed by atoms with van der Waals surface area (Å²) in [6.45, 7) is 5.84. The van der Waals surface area contributed by atoms with Crippen LogP contribution in [0.25, 0.3) is 0 Å². The summed E-state index contributed by atoms with van der Waals surface area (Å²) in [6.07, 6.45) is -3.96. The Bertz CT molecular complexity index is 1270. The Hall–Kier alpha value is -3.46. The van der Waals surface area contributed by atoms with Crippen LogP contribution in [0.2, 0.25) is 0 Å². The lowest BCUT2D eigenvalue weighted by Gasteiger charge is -2.29. The molecule has 1 aliphatic heterocycles. The van der Waals surface area contributed by atoms with Crippen molar-refractivity contribution in [2.24, 2.45) is 5.73 Å².